The van der Waals surface area contributed by atoms with Gasteiger partial charge in [0.05, 0.1) is 49.3 Å². The Morgan fingerprint density at radius 3 is 2.89 bits per heavy atom. The SMILES string of the molecule is COCCOCC(O)Cn1nc([N+](=O)[O-])cc1C. The first kappa shape index (κ1) is 14.6. The van der Waals surface area contributed by atoms with E-state index in [4.69, 9.17) is 9.47 Å². The molecule has 1 N–H and O–H groups in total. The third-order valence-electron chi connectivity index (χ3n) is 2.28. The van der Waals surface area contributed by atoms with Crippen molar-refractivity contribution in [3.05, 3.63) is 21.9 Å². The molecular formula is C10H17N3O5. The van der Waals surface area contributed by atoms with E-state index in [1.54, 1.807) is 14.0 Å². The monoisotopic (exact) mass is 259 g/mol. The fourth-order valence-electron chi connectivity index (χ4n) is 1.38. The van der Waals surface area contributed by atoms with Gasteiger partial charge in [0, 0.05) is 7.11 Å². The van der Waals surface area contributed by atoms with Crippen LogP contribution in [0, 0.1) is 17.0 Å². The summed E-state index contributed by atoms with van der Waals surface area (Å²) in [6.07, 6.45) is -0.764. The van der Waals surface area contributed by atoms with Gasteiger partial charge in [0.25, 0.3) is 0 Å². The molecule has 1 atom stereocenters. The van der Waals surface area contributed by atoms with Crippen LogP contribution >= 0.6 is 0 Å². The van der Waals surface area contributed by atoms with Gasteiger partial charge in [0.15, 0.2) is 0 Å². The Labute approximate surface area is 104 Å². The third-order valence-corrected chi connectivity index (χ3v) is 2.28. The second-order valence-electron chi connectivity index (χ2n) is 3.80. The molecule has 1 rings (SSSR count). The topological polar surface area (TPSA) is 99.7 Å². The summed E-state index contributed by atoms with van der Waals surface area (Å²) in [4.78, 5) is 9.96. The molecule has 102 valence electrons. The number of aliphatic hydroxyl groups excluding tert-OH is 1. The lowest BCUT2D eigenvalue weighted by Gasteiger charge is -2.10. The highest BCUT2D eigenvalue weighted by Gasteiger charge is 2.17. The van der Waals surface area contributed by atoms with Crippen molar-refractivity contribution in [1.29, 1.82) is 0 Å². The van der Waals surface area contributed by atoms with Crippen molar-refractivity contribution in [2.45, 2.75) is 19.6 Å². The molecule has 0 radical (unpaired) electrons. The molecule has 0 amide bonds. The normalized spacial score (nSPS) is 12.6. The zero-order chi connectivity index (χ0) is 13.5. The zero-order valence-corrected chi connectivity index (χ0v) is 10.4. The maximum absolute atomic E-state index is 10.5. The zero-order valence-electron chi connectivity index (χ0n) is 10.4. The van der Waals surface area contributed by atoms with Crippen LogP contribution in [-0.2, 0) is 16.0 Å². The first-order chi connectivity index (χ1) is 8.54. The summed E-state index contributed by atoms with van der Waals surface area (Å²) in [5, 5.41) is 24.0. The summed E-state index contributed by atoms with van der Waals surface area (Å²) in [6, 6.07) is 1.36. The van der Waals surface area contributed by atoms with Crippen molar-refractivity contribution < 1.29 is 19.5 Å². The third kappa shape index (κ3) is 4.40. The number of ether oxygens (including phenoxy) is 2. The van der Waals surface area contributed by atoms with Crippen LogP contribution in [-0.4, -0.2) is 52.8 Å². The van der Waals surface area contributed by atoms with Crippen LogP contribution in [0.4, 0.5) is 5.82 Å². The number of nitro groups is 1. The molecule has 1 heterocycles. The molecule has 1 aromatic heterocycles. The van der Waals surface area contributed by atoms with Gasteiger partial charge in [0.1, 0.15) is 0 Å². The average Bonchev–Trinajstić information content (AvgIpc) is 2.67. The lowest BCUT2D eigenvalue weighted by molar-refractivity contribution is -0.389. The van der Waals surface area contributed by atoms with E-state index in [0.717, 1.165) is 0 Å². The van der Waals surface area contributed by atoms with Gasteiger partial charge in [-0.15, -0.1) is 0 Å². The second-order valence-corrected chi connectivity index (χ2v) is 3.80. The number of methoxy groups -OCH3 is 1. The Hall–Kier alpha value is -1.51. The fraction of sp³-hybridized carbons (Fsp3) is 0.700. The number of aryl methyl sites for hydroxylation is 1. The Morgan fingerprint density at radius 1 is 1.61 bits per heavy atom. The van der Waals surface area contributed by atoms with Gasteiger partial charge in [-0.3, -0.25) is 0 Å². The van der Waals surface area contributed by atoms with Crippen LogP contribution in [0.3, 0.4) is 0 Å². The number of hydrogen-bond acceptors (Lipinski definition) is 6. The van der Waals surface area contributed by atoms with E-state index < -0.39 is 11.0 Å². The van der Waals surface area contributed by atoms with E-state index in [9.17, 15) is 15.2 Å². The average molecular weight is 259 g/mol. The van der Waals surface area contributed by atoms with Crippen molar-refractivity contribution in [2.24, 2.45) is 0 Å². The summed E-state index contributed by atoms with van der Waals surface area (Å²) in [6.45, 7) is 2.84. The van der Waals surface area contributed by atoms with Crippen molar-refractivity contribution in [1.82, 2.24) is 9.78 Å². The predicted octanol–water partition coefficient (Wildman–Crippen LogP) is 0.124. The van der Waals surface area contributed by atoms with E-state index in [1.165, 1.54) is 10.7 Å². The Bertz CT molecular complexity index is 393. The van der Waals surface area contributed by atoms with Gasteiger partial charge in [-0.1, -0.05) is 0 Å². The number of nitrogens with zero attached hydrogens (tertiary/aromatic N) is 3. The van der Waals surface area contributed by atoms with Crippen molar-refractivity contribution >= 4 is 5.82 Å². The molecule has 0 aliphatic carbocycles. The molecular weight excluding hydrogens is 242 g/mol. The van der Waals surface area contributed by atoms with Crippen molar-refractivity contribution in [3.63, 3.8) is 0 Å². The summed E-state index contributed by atoms with van der Waals surface area (Å²) < 4.78 is 11.3. The van der Waals surface area contributed by atoms with Crippen LogP contribution < -0.4 is 0 Å². The van der Waals surface area contributed by atoms with Gasteiger partial charge < -0.3 is 24.7 Å². The first-order valence-electron chi connectivity index (χ1n) is 5.48. The fourth-order valence-corrected chi connectivity index (χ4v) is 1.38. The summed E-state index contributed by atoms with van der Waals surface area (Å²) in [7, 11) is 1.56. The van der Waals surface area contributed by atoms with Crippen molar-refractivity contribution in [3.8, 4) is 0 Å². The molecule has 0 spiro atoms. The van der Waals surface area contributed by atoms with Gasteiger partial charge >= 0.3 is 5.82 Å². The molecule has 18 heavy (non-hydrogen) atoms. The first-order valence-corrected chi connectivity index (χ1v) is 5.48. The maximum atomic E-state index is 10.5. The molecule has 0 bridgehead atoms. The van der Waals surface area contributed by atoms with Gasteiger partial charge in [-0.2, -0.15) is 4.68 Å². The Balaban J connectivity index is 2.43. The number of hydrogen-bond donors (Lipinski definition) is 1. The van der Waals surface area contributed by atoms with Crippen LogP contribution in [0.1, 0.15) is 5.69 Å². The van der Waals surface area contributed by atoms with E-state index >= 15 is 0 Å². The highest BCUT2D eigenvalue weighted by atomic mass is 16.6. The van der Waals surface area contributed by atoms with Crippen LogP contribution in [0.5, 0.6) is 0 Å². The minimum Gasteiger partial charge on any atom is -0.389 e. The number of rotatable bonds is 8. The van der Waals surface area contributed by atoms with Gasteiger partial charge in [-0.05, 0) is 11.8 Å². The maximum Gasteiger partial charge on any atom is 0.390 e. The van der Waals surface area contributed by atoms with E-state index in [0.29, 0.717) is 18.9 Å². The molecule has 0 aromatic carbocycles. The second kappa shape index (κ2) is 7.04. The largest absolute Gasteiger partial charge is 0.390 e. The highest BCUT2D eigenvalue weighted by Crippen LogP contribution is 2.11. The molecule has 0 aliphatic rings. The Kier molecular flexibility index (Phi) is 5.69. The summed E-state index contributed by atoms with van der Waals surface area (Å²) in [5.41, 5.74) is 0.623. The van der Waals surface area contributed by atoms with Gasteiger partial charge in [-0.25, -0.2) is 0 Å². The number of aliphatic hydroxyl groups is 1. The Morgan fingerprint density at radius 2 is 2.33 bits per heavy atom. The minimum atomic E-state index is -0.764. The molecule has 1 aromatic rings. The predicted molar refractivity (Wildman–Crippen MR) is 62.3 cm³/mol. The van der Waals surface area contributed by atoms with Crippen LogP contribution in [0.15, 0.2) is 6.07 Å². The quantitative estimate of drug-likeness (QED) is 0.404. The minimum absolute atomic E-state index is 0.135. The number of aromatic nitrogens is 2. The molecule has 8 heteroatoms. The van der Waals surface area contributed by atoms with Crippen molar-refractivity contribution in [2.75, 3.05) is 26.9 Å². The standard InChI is InChI=1S/C10H17N3O5/c1-8-5-10(13(15)16)11-12(8)6-9(14)7-18-4-3-17-2/h5,9,14H,3-4,6-7H2,1-2H3. The van der Waals surface area contributed by atoms with Crippen LogP contribution in [0.25, 0.3) is 0 Å². The van der Waals surface area contributed by atoms with E-state index in [1.807, 2.05) is 0 Å². The highest BCUT2D eigenvalue weighted by molar-refractivity contribution is 5.20. The van der Waals surface area contributed by atoms with Gasteiger partial charge in [0.2, 0.25) is 0 Å². The van der Waals surface area contributed by atoms with Crippen LogP contribution in [0.2, 0.25) is 0 Å². The molecule has 0 aliphatic heterocycles. The lowest BCUT2D eigenvalue weighted by atomic mass is 10.3. The molecule has 0 fully saturated rings. The van der Waals surface area contributed by atoms with E-state index in [-0.39, 0.29) is 19.0 Å². The molecule has 8 nitrogen and oxygen atoms in total. The molecule has 1 unspecified atom stereocenters. The van der Waals surface area contributed by atoms with E-state index in [2.05, 4.69) is 5.10 Å². The molecule has 0 saturated carbocycles. The summed E-state index contributed by atoms with van der Waals surface area (Å²) in [5.74, 6) is -0.222. The summed E-state index contributed by atoms with van der Waals surface area (Å²) >= 11 is 0. The molecule has 0 saturated heterocycles. The lowest BCUT2D eigenvalue weighted by Crippen LogP contribution is -2.24. The smallest absolute Gasteiger partial charge is 0.389 e.